The SMILES string of the molecule is CC(CC(C)(C)c1ccccc1)NC(=O)C1CCN(c2ccccc2[N+](=O)[O-])CC1. The van der Waals surface area contributed by atoms with Crippen LogP contribution in [0.2, 0.25) is 0 Å². The van der Waals surface area contributed by atoms with Crippen molar-refractivity contribution in [2.75, 3.05) is 18.0 Å². The van der Waals surface area contributed by atoms with Crippen LogP contribution >= 0.6 is 0 Å². The molecule has 1 atom stereocenters. The summed E-state index contributed by atoms with van der Waals surface area (Å²) in [6, 6.07) is 17.3. The van der Waals surface area contributed by atoms with Crippen LogP contribution in [0.15, 0.2) is 54.6 Å². The average molecular weight is 410 g/mol. The van der Waals surface area contributed by atoms with Gasteiger partial charge < -0.3 is 10.2 Å². The Bertz CT molecular complexity index is 874. The van der Waals surface area contributed by atoms with Gasteiger partial charge in [-0.15, -0.1) is 0 Å². The molecule has 0 spiro atoms. The van der Waals surface area contributed by atoms with Crippen LogP contribution in [0.25, 0.3) is 0 Å². The molecule has 1 N–H and O–H groups in total. The van der Waals surface area contributed by atoms with Gasteiger partial charge in [-0.25, -0.2) is 0 Å². The van der Waals surface area contributed by atoms with Gasteiger partial charge in [-0.3, -0.25) is 14.9 Å². The van der Waals surface area contributed by atoms with Gasteiger partial charge in [0.1, 0.15) is 5.69 Å². The molecule has 1 heterocycles. The lowest BCUT2D eigenvalue weighted by Gasteiger charge is -2.34. The Morgan fingerprint density at radius 1 is 1.13 bits per heavy atom. The highest BCUT2D eigenvalue weighted by Crippen LogP contribution is 2.32. The van der Waals surface area contributed by atoms with Crippen molar-refractivity contribution in [1.82, 2.24) is 5.32 Å². The van der Waals surface area contributed by atoms with E-state index in [0.29, 0.717) is 31.6 Å². The summed E-state index contributed by atoms with van der Waals surface area (Å²) in [7, 11) is 0. The van der Waals surface area contributed by atoms with E-state index in [1.807, 2.05) is 29.2 Å². The van der Waals surface area contributed by atoms with E-state index in [2.05, 4.69) is 38.2 Å². The summed E-state index contributed by atoms with van der Waals surface area (Å²) in [5.74, 6) is 0.0416. The molecule has 2 aromatic rings. The van der Waals surface area contributed by atoms with Gasteiger partial charge in [-0.2, -0.15) is 0 Å². The number of nitrogens with one attached hydrogen (secondary N) is 1. The van der Waals surface area contributed by atoms with Crippen molar-refractivity contribution in [1.29, 1.82) is 0 Å². The number of amides is 1. The maximum atomic E-state index is 12.8. The molecular formula is C24H31N3O3. The molecule has 0 aromatic heterocycles. The second-order valence-electron chi connectivity index (χ2n) is 8.87. The fourth-order valence-electron chi connectivity index (χ4n) is 4.45. The fraction of sp³-hybridized carbons (Fsp3) is 0.458. The highest BCUT2D eigenvalue weighted by molar-refractivity contribution is 5.79. The van der Waals surface area contributed by atoms with Gasteiger partial charge in [0, 0.05) is 31.1 Å². The molecule has 1 fully saturated rings. The summed E-state index contributed by atoms with van der Waals surface area (Å²) in [4.78, 5) is 25.8. The highest BCUT2D eigenvalue weighted by Gasteiger charge is 2.30. The topological polar surface area (TPSA) is 75.5 Å². The molecule has 1 unspecified atom stereocenters. The first-order valence-corrected chi connectivity index (χ1v) is 10.6. The Kier molecular flexibility index (Phi) is 6.75. The minimum atomic E-state index is -0.343. The number of nitro benzene ring substituents is 1. The van der Waals surface area contributed by atoms with Crippen molar-refractivity contribution in [3.05, 3.63) is 70.3 Å². The number of piperidine rings is 1. The lowest BCUT2D eigenvalue weighted by molar-refractivity contribution is -0.384. The maximum absolute atomic E-state index is 12.8. The number of hydrogen-bond acceptors (Lipinski definition) is 4. The molecule has 6 nitrogen and oxygen atoms in total. The van der Waals surface area contributed by atoms with E-state index in [-0.39, 0.29) is 33.9 Å². The first-order valence-electron chi connectivity index (χ1n) is 10.6. The number of para-hydroxylation sites is 2. The summed E-state index contributed by atoms with van der Waals surface area (Å²) in [5, 5.41) is 14.5. The van der Waals surface area contributed by atoms with E-state index in [0.717, 1.165) is 6.42 Å². The van der Waals surface area contributed by atoms with Gasteiger partial charge in [0.05, 0.1) is 4.92 Å². The minimum Gasteiger partial charge on any atom is -0.366 e. The molecule has 1 amide bonds. The minimum absolute atomic E-state index is 0.0242. The maximum Gasteiger partial charge on any atom is 0.292 e. The van der Waals surface area contributed by atoms with E-state index in [9.17, 15) is 14.9 Å². The third-order valence-corrected chi connectivity index (χ3v) is 6.05. The van der Waals surface area contributed by atoms with E-state index in [4.69, 9.17) is 0 Å². The molecular weight excluding hydrogens is 378 g/mol. The second kappa shape index (κ2) is 9.28. The summed E-state index contributed by atoms with van der Waals surface area (Å²) in [6.07, 6.45) is 2.26. The zero-order valence-electron chi connectivity index (χ0n) is 18.0. The van der Waals surface area contributed by atoms with Crippen LogP contribution in [0.1, 0.15) is 45.6 Å². The van der Waals surface area contributed by atoms with Crippen LogP contribution < -0.4 is 10.2 Å². The Morgan fingerprint density at radius 3 is 2.37 bits per heavy atom. The lowest BCUT2D eigenvalue weighted by Crippen LogP contribution is -2.44. The summed E-state index contributed by atoms with van der Waals surface area (Å²) < 4.78 is 0. The molecule has 0 aliphatic carbocycles. The molecule has 160 valence electrons. The van der Waals surface area contributed by atoms with Crippen molar-refractivity contribution < 1.29 is 9.72 Å². The number of carbonyl (C=O) groups excluding carboxylic acids is 1. The third kappa shape index (κ3) is 5.17. The van der Waals surface area contributed by atoms with Crippen LogP contribution in [0.4, 0.5) is 11.4 Å². The number of carbonyl (C=O) groups is 1. The molecule has 1 aliphatic rings. The van der Waals surface area contributed by atoms with Crippen LogP contribution in [0, 0.1) is 16.0 Å². The molecule has 6 heteroatoms. The number of nitrogens with zero attached hydrogens (tertiary/aromatic N) is 2. The van der Waals surface area contributed by atoms with Crippen molar-refractivity contribution in [3.63, 3.8) is 0 Å². The number of benzene rings is 2. The van der Waals surface area contributed by atoms with Crippen LogP contribution in [-0.4, -0.2) is 30.0 Å². The normalized spacial score (nSPS) is 16.2. The molecule has 3 rings (SSSR count). The molecule has 1 aliphatic heterocycles. The van der Waals surface area contributed by atoms with Gasteiger partial charge in [-0.05, 0) is 43.2 Å². The quantitative estimate of drug-likeness (QED) is 0.532. The van der Waals surface area contributed by atoms with Crippen molar-refractivity contribution in [3.8, 4) is 0 Å². The van der Waals surface area contributed by atoms with E-state index in [1.165, 1.54) is 11.6 Å². The first kappa shape index (κ1) is 21.8. The zero-order chi connectivity index (χ0) is 21.7. The Balaban J connectivity index is 1.54. The van der Waals surface area contributed by atoms with Gasteiger partial charge in [0.15, 0.2) is 0 Å². The highest BCUT2D eigenvalue weighted by atomic mass is 16.6. The predicted molar refractivity (Wildman–Crippen MR) is 120 cm³/mol. The van der Waals surface area contributed by atoms with Crippen molar-refractivity contribution >= 4 is 17.3 Å². The zero-order valence-corrected chi connectivity index (χ0v) is 18.0. The predicted octanol–water partition coefficient (Wildman–Crippen LogP) is 4.68. The summed E-state index contributed by atoms with van der Waals surface area (Å²) in [5.41, 5.74) is 2.00. The molecule has 30 heavy (non-hydrogen) atoms. The number of rotatable bonds is 7. The molecule has 1 saturated heterocycles. The number of nitro groups is 1. The Morgan fingerprint density at radius 2 is 1.73 bits per heavy atom. The van der Waals surface area contributed by atoms with E-state index < -0.39 is 0 Å². The third-order valence-electron chi connectivity index (χ3n) is 6.05. The molecule has 0 radical (unpaired) electrons. The monoisotopic (exact) mass is 409 g/mol. The smallest absolute Gasteiger partial charge is 0.292 e. The Labute approximate surface area is 178 Å². The van der Waals surface area contributed by atoms with Crippen molar-refractivity contribution in [2.24, 2.45) is 5.92 Å². The fourth-order valence-corrected chi connectivity index (χ4v) is 4.45. The Hall–Kier alpha value is -2.89. The van der Waals surface area contributed by atoms with Gasteiger partial charge >= 0.3 is 0 Å². The summed E-state index contributed by atoms with van der Waals surface area (Å²) >= 11 is 0. The van der Waals surface area contributed by atoms with Gasteiger partial charge in [0.2, 0.25) is 5.91 Å². The van der Waals surface area contributed by atoms with Gasteiger partial charge in [0.25, 0.3) is 5.69 Å². The number of anilines is 1. The standard InChI is InChI=1S/C24H31N3O3/c1-18(17-24(2,3)20-9-5-4-6-10-20)25-23(28)19-13-15-26(16-14-19)21-11-7-8-12-22(21)27(29)30/h4-12,18-19H,13-17H2,1-3H3,(H,25,28). The van der Waals surface area contributed by atoms with E-state index >= 15 is 0 Å². The second-order valence-corrected chi connectivity index (χ2v) is 8.87. The molecule has 0 saturated carbocycles. The van der Waals surface area contributed by atoms with Gasteiger partial charge in [-0.1, -0.05) is 56.3 Å². The first-order chi connectivity index (χ1) is 14.3. The van der Waals surface area contributed by atoms with Crippen LogP contribution in [-0.2, 0) is 10.2 Å². The lowest BCUT2D eigenvalue weighted by atomic mass is 9.79. The van der Waals surface area contributed by atoms with Crippen LogP contribution in [0.5, 0.6) is 0 Å². The average Bonchev–Trinajstić information content (AvgIpc) is 2.74. The van der Waals surface area contributed by atoms with Crippen molar-refractivity contribution in [2.45, 2.75) is 51.5 Å². The largest absolute Gasteiger partial charge is 0.366 e. The number of hydrogen-bond donors (Lipinski definition) is 1. The molecule has 0 bridgehead atoms. The summed E-state index contributed by atoms with van der Waals surface area (Å²) in [6.45, 7) is 7.76. The van der Waals surface area contributed by atoms with E-state index in [1.54, 1.807) is 12.1 Å². The van der Waals surface area contributed by atoms with Crippen LogP contribution in [0.3, 0.4) is 0 Å². The molecule has 2 aromatic carbocycles.